The smallest absolute Gasteiger partial charge is 0.338 e. The maximum atomic E-state index is 10.9. The van der Waals surface area contributed by atoms with E-state index in [1.165, 1.54) is 4.91 Å². The van der Waals surface area contributed by atoms with Gasteiger partial charge >= 0.3 is 5.97 Å². The SMILES string of the molecule is Nc1ccc2c(c1)COC2=O.[N-]=[N+]=[N-]. The summed E-state index contributed by atoms with van der Waals surface area (Å²) in [5.74, 6) is -0.250. The van der Waals surface area contributed by atoms with Crippen LogP contribution in [0, 0.1) is 0 Å². The lowest BCUT2D eigenvalue weighted by Gasteiger charge is -1.94. The lowest BCUT2D eigenvalue weighted by Crippen LogP contribution is -1.93. The summed E-state index contributed by atoms with van der Waals surface area (Å²) in [4.78, 5) is 12.4. The number of fused-ring (bicyclic) bond motifs is 1. The highest BCUT2D eigenvalue weighted by atomic mass is 16.5. The average Bonchev–Trinajstić information content (AvgIpc) is 2.49. The maximum absolute atomic E-state index is 10.9. The lowest BCUT2D eigenvalue weighted by atomic mass is 10.1. The second-order valence-electron chi connectivity index (χ2n) is 2.58. The zero-order chi connectivity index (χ0) is 10.6. The van der Waals surface area contributed by atoms with Crippen molar-refractivity contribution < 1.29 is 9.53 Å². The van der Waals surface area contributed by atoms with E-state index in [0.29, 0.717) is 17.9 Å². The summed E-state index contributed by atoms with van der Waals surface area (Å²) in [5, 5.41) is 0. The predicted molar refractivity (Wildman–Crippen MR) is 50.1 cm³/mol. The van der Waals surface area contributed by atoms with E-state index in [4.69, 9.17) is 21.5 Å². The highest BCUT2D eigenvalue weighted by molar-refractivity contribution is 5.93. The normalized spacial score (nSPS) is 11.9. The third-order valence-corrected chi connectivity index (χ3v) is 1.71. The van der Waals surface area contributed by atoms with E-state index < -0.39 is 0 Å². The van der Waals surface area contributed by atoms with E-state index >= 15 is 0 Å². The van der Waals surface area contributed by atoms with Crippen molar-refractivity contribution in [2.45, 2.75) is 6.61 Å². The van der Waals surface area contributed by atoms with Gasteiger partial charge in [0.1, 0.15) is 6.61 Å². The van der Waals surface area contributed by atoms with Gasteiger partial charge in [0, 0.05) is 11.3 Å². The molecule has 1 aromatic rings. The number of carbonyl (C=O) groups is 1. The molecule has 0 spiro atoms. The number of hydrogen-bond acceptors (Lipinski definition) is 3. The minimum atomic E-state index is -0.250. The quantitative estimate of drug-likeness (QED) is 0.222. The molecule has 0 radical (unpaired) electrons. The van der Waals surface area contributed by atoms with Gasteiger partial charge in [-0.3, -0.25) is 4.91 Å². The number of hydrogen-bond donors (Lipinski definition) is 1. The van der Waals surface area contributed by atoms with Gasteiger partial charge in [0.05, 0.1) is 5.56 Å². The van der Waals surface area contributed by atoms with Crippen molar-refractivity contribution in [2.75, 3.05) is 5.73 Å². The van der Waals surface area contributed by atoms with Crippen LogP contribution in [0.4, 0.5) is 5.69 Å². The van der Waals surface area contributed by atoms with E-state index in [9.17, 15) is 4.79 Å². The number of benzene rings is 1. The molecule has 1 aromatic carbocycles. The van der Waals surface area contributed by atoms with Crippen LogP contribution in [0.1, 0.15) is 15.9 Å². The van der Waals surface area contributed by atoms with E-state index in [-0.39, 0.29) is 5.97 Å². The molecule has 1 heterocycles. The van der Waals surface area contributed by atoms with Gasteiger partial charge in [-0.25, -0.2) is 4.79 Å². The van der Waals surface area contributed by atoms with Gasteiger partial charge in [-0.15, -0.1) is 0 Å². The van der Waals surface area contributed by atoms with Crippen LogP contribution < -0.4 is 5.73 Å². The third-order valence-electron chi connectivity index (χ3n) is 1.71. The molecule has 72 valence electrons. The van der Waals surface area contributed by atoms with Crippen molar-refractivity contribution in [1.29, 1.82) is 0 Å². The van der Waals surface area contributed by atoms with Crippen LogP contribution in [0.3, 0.4) is 0 Å². The molecule has 14 heavy (non-hydrogen) atoms. The molecule has 0 saturated carbocycles. The number of esters is 1. The Kier molecular flexibility index (Phi) is 2.93. The van der Waals surface area contributed by atoms with Gasteiger partial charge in [-0.1, -0.05) is 0 Å². The molecule has 0 unspecified atom stereocenters. The third kappa shape index (κ3) is 1.94. The van der Waals surface area contributed by atoms with Crippen molar-refractivity contribution in [3.05, 3.63) is 45.3 Å². The zero-order valence-electron chi connectivity index (χ0n) is 7.17. The van der Waals surface area contributed by atoms with Crippen LogP contribution in [0.15, 0.2) is 18.2 Å². The first kappa shape index (κ1) is 9.88. The molecule has 0 fully saturated rings. The lowest BCUT2D eigenvalue weighted by molar-refractivity contribution is 0.0535. The first-order valence-corrected chi connectivity index (χ1v) is 3.73. The first-order chi connectivity index (χ1) is 6.69. The molecule has 0 amide bonds. The largest absolute Gasteiger partial charge is 0.457 e. The minimum Gasteiger partial charge on any atom is -0.457 e. The molecule has 0 aromatic heterocycles. The molecule has 0 atom stereocenters. The summed E-state index contributed by atoms with van der Waals surface area (Å²) in [6.07, 6.45) is 0. The van der Waals surface area contributed by atoms with E-state index in [0.717, 1.165) is 5.56 Å². The number of rotatable bonds is 0. The summed E-state index contributed by atoms with van der Waals surface area (Å²) in [7, 11) is 0. The molecule has 2 N–H and O–H groups in total. The van der Waals surface area contributed by atoms with Crippen LogP contribution >= 0.6 is 0 Å². The van der Waals surface area contributed by atoms with Crippen molar-refractivity contribution in [3.63, 3.8) is 0 Å². The van der Waals surface area contributed by atoms with E-state index in [1.807, 2.05) is 0 Å². The molecule has 2 rings (SSSR count). The van der Waals surface area contributed by atoms with Crippen molar-refractivity contribution in [2.24, 2.45) is 0 Å². The molecular formula is C8H7N4O2-. The number of anilines is 1. The minimum absolute atomic E-state index is 0.250. The van der Waals surface area contributed by atoms with Crippen LogP contribution in [0.5, 0.6) is 0 Å². The molecule has 0 saturated heterocycles. The monoisotopic (exact) mass is 191 g/mol. The topological polar surface area (TPSA) is 111 Å². The van der Waals surface area contributed by atoms with E-state index in [1.54, 1.807) is 18.2 Å². The standard InChI is InChI=1S/C8H7NO2.N3/c9-6-1-2-7-5(3-6)4-11-8(7)10;1-3-2/h1-3H,4,9H2;/q;-1. The number of carbonyl (C=O) groups excluding carboxylic acids is 1. The zero-order valence-corrected chi connectivity index (χ0v) is 7.17. The number of ether oxygens (including phenoxy) is 1. The Morgan fingerprint density at radius 2 is 2.07 bits per heavy atom. The van der Waals surface area contributed by atoms with Crippen LogP contribution in [-0.2, 0) is 11.3 Å². The average molecular weight is 191 g/mol. The summed E-state index contributed by atoms with van der Waals surface area (Å²) in [6.45, 7) is 0.360. The van der Waals surface area contributed by atoms with Crippen molar-refractivity contribution >= 4 is 11.7 Å². The van der Waals surface area contributed by atoms with Crippen molar-refractivity contribution in [3.8, 4) is 0 Å². The summed E-state index contributed by atoms with van der Waals surface area (Å²) in [6, 6.07) is 5.16. The van der Waals surface area contributed by atoms with Gasteiger partial charge in [-0.2, -0.15) is 0 Å². The van der Waals surface area contributed by atoms with Gasteiger partial charge in [0.15, 0.2) is 0 Å². The Hall–Kier alpha value is -2.20. The molecule has 1 aliphatic rings. The second-order valence-corrected chi connectivity index (χ2v) is 2.58. The predicted octanol–water partition coefficient (Wildman–Crippen LogP) is 1.81. The first-order valence-electron chi connectivity index (χ1n) is 3.73. The van der Waals surface area contributed by atoms with Crippen LogP contribution in [0.2, 0.25) is 0 Å². The van der Waals surface area contributed by atoms with Crippen molar-refractivity contribution in [1.82, 2.24) is 0 Å². The van der Waals surface area contributed by atoms with Gasteiger partial charge in [-0.05, 0) is 18.2 Å². The Labute approximate surface area is 79.7 Å². The fourth-order valence-electron chi connectivity index (χ4n) is 1.15. The van der Waals surface area contributed by atoms with Gasteiger partial charge in [0.2, 0.25) is 0 Å². The Bertz CT molecular complexity index is 396. The molecular weight excluding hydrogens is 184 g/mol. The summed E-state index contributed by atoms with van der Waals surface area (Å²) >= 11 is 0. The summed E-state index contributed by atoms with van der Waals surface area (Å²) in [5.41, 5.74) is 21.2. The number of nitrogen functional groups attached to an aromatic ring is 1. The van der Waals surface area contributed by atoms with Crippen LogP contribution in [-0.4, -0.2) is 5.97 Å². The fourth-order valence-corrected chi connectivity index (χ4v) is 1.15. The fraction of sp³-hybridized carbons (Fsp3) is 0.125. The second kappa shape index (κ2) is 4.15. The number of nitrogens with two attached hydrogens (primary N) is 1. The highest BCUT2D eigenvalue weighted by Gasteiger charge is 2.20. The summed E-state index contributed by atoms with van der Waals surface area (Å²) < 4.78 is 4.78. The molecule has 0 aliphatic carbocycles. The highest BCUT2D eigenvalue weighted by Crippen LogP contribution is 2.21. The molecule has 6 nitrogen and oxygen atoms in total. The van der Waals surface area contributed by atoms with Crippen LogP contribution in [0.25, 0.3) is 16.0 Å². The Morgan fingerprint density at radius 1 is 1.43 bits per heavy atom. The molecule has 6 heteroatoms. The molecule has 1 aliphatic heterocycles. The number of cyclic esters (lactones) is 1. The van der Waals surface area contributed by atoms with Gasteiger partial charge in [0.25, 0.3) is 0 Å². The Balaban J connectivity index is 0.000000293. The maximum Gasteiger partial charge on any atom is 0.338 e. The van der Waals surface area contributed by atoms with E-state index in [2.05, 4.69) is 0 Å². The van der Waals surface area contributed by atoms with Gasteiger partial charge < -0.3 is 21.5 Å². The molecule has 0 bridgehead atoms. The Morgan fingerprint density at radius 3 is 2.71 bits per heavy atom. The number of nitrogens with zero attached hydrogens (tertiary/aromatic N) is 3.